The number of nitrogens with one attached hydrogen (secondary N) is 1. The molecule has 4 fully saturated rings. The van der Waals surface area contributed by atoms with E-state index in [1.165, 1.54) is 7.11 Å². The molecule has 46 heavy (non-hydrogen) atoms. The summed E-state index contributed by atoms with van der Waals surface area (Å²) in [5.74, 6) is -0.458. The fourth-order valence-corrected chi connectivity index (χ4v) is 6.47. The number of fused-ring (bicyclic) bond motifs is 3. The third kappa shape index (κ3) is 9.20. The predicted octanol–water partition coefficient (Wildman–Crippen LogP) is 4.87. The Bertz CT molecular complexity index is 1260. The van der Waals surface area contributed by atoms with Crippen LogP contribution in [0.3, 0.4) is 0 Å². The molecule has 4 aliphatic rings. The Hall–Kier alpha value is -3.67. The minimum Gasteiger partial charge on any atom is -0.465 e. The number of nitrogen functional groups attached to an aromatic ring is 1. The molecule has 0 unspecified atom stereocenters. The number of hydrogen-bond acceptors (Lipinski definition) is 8. The fraction of sp³-hybridized carbons (Fsp3) is 0.571. The van der Waals surface area contributed by atoms with Crippen LogP contribution < -0.4 is 11.1 Å². The molecule has 0 spiro atoms. The van der Waals surface area contributed by atoms with Crippen LogP contribution in [0.1, 0.15) is 88.1 Å². The number of carbonyl (C=O) groups excluding carboxylic acids is 3. The monoisotopic (exact) mass is 643 g/mol. The third-order valence-corrected chi connectivity index (χ3v) is 9.24. The zero-order valence-electron chi connectivity index (χ0n) is 27.6. The molecule has 256 valence electrons. The average molecular weight is 644 g/mol. The van der Waals surface area contributed by atoms with E-state index >= 15 is 0 Å². The summed E-state index contributed by atoms with van der Waals surface area (Å²) in [6.07, 6.45) is 4.61. The summed E-state index contributed by atoms with van der Waals surface area (Å²) in [7, 11) is 1.38. The maximum Gasteiger partial charge on any atom is 0.408 e. The number of nitrogens with two attached hydrogens (primary N) is 1. The van der Waals surface area contributed by atoms with Crippen molar-refractivity contribution in [1.82, 2.24) is 10.2 Å². The fourth-order valence-electron chi connectivity index (χ4n) is 6.47. The summed E-state index contributed by atoms with van der Waals surface area (Å²) in [5, 5.41) is 2.80. The topological polar surface area (TPSA) is 161 Å². The zero-order chi connectivity index (χ0) is 32.4. The number of piperidine rings is 1. The molecule has 6 rings (SSSR count). The number of carbonyl (C=O) groups is 3. The highest BCUT2D eigenvalue weighted by Crippen LogP contribution is 2.43. The standard InChI is InChI=1S/C33H43N3O7.C2H6.H2O.H2/c1-22(42-20-33-15-11-26(12-16-33)43-21-33)29(35-32(39)41-19-23-7-9-25(34)10-8-23)30(37)36-17-13-24(14-18-36)27-5-3-4-6-28(27)31(38)40-2;1-2;;/h3-10,22,24,26,29H,11-21,34H2,1-2H3,(H,35,39);1-2H3;1H2;1H/t22-,26?,29+,33?;;;/m1.../s1. The van der Waals surface area contributed by atoms with E-state index < -0.39 is 18.2 Å². The minimum atomic E-state index is -0.921. The number of rotatable bonds is 10. The van der Waals surface area contributed by atoms with Crippen molar-refractivity contribution in [1.29, 1.82) is 0 Å². The molecule has 1 aliphatic carbocycles. The van der Waals surface area contributed by atoms with Crippen LogP contribution in [0.25, 0.3) is 0 Å². The first-order valence-corrected chi connectivity index (χ1v) is 16.2. The molecule has 11 heteroatoms. The first-order valence-electron chi connectivity index (χ1n) is 16.2. The van der Waals surface area contributed by atoms with Gasteiger partial charge >= 0.3 is 12.1 Å². The molecule has 3 aliphatic heterocycles. The zero-order valence-corrected chi connectivity index (χ0v) is 27.6. The summed E-state index contributed by atoms with van der Waals surface area (Å²) in [6.45, 7) is 8.00. The van der Waals surface area contributed by atoms with E-state index in [9.17, 15) is 14.4 Å². The number of anilines is 1. The normalized spacial score (nSPS) is 21.9. The quantitative estimate of drug-likeness (QED) is 0.274. The van der Waals surface area contributed by atoms with E-state index in [4.69, 9.17) is 24.7 Å². The number of benzene rings is 2. The second-order valence-corrected chi connectivity index (χ2v) is 12.1. The van der Waals surface area contributed by atoms with Crippen LogP contribution in [0.5, 0.6) is 0 Å². The highest BCUT2D eigenvalue weighted by molar-refractivity contribution is 5.91. The van der Waals surface area contributed by atoms with E-state index in [1.807, 2.05) is 39.0 Å². The number of nitrogens with zero attached hydrogens (tertiary/aromatic N) is 1. The summed E-state index contributed by atoms with van der Waals surface area (Å²) < 4.78 is 22.7. The summed E-state index contributed by atoms with van der Waals surface area (Å²) in [6, 6.07) is 13.6. The van der Waals surface area contributed by atoms with Gasteiger partial charge in [-0.25, -0.2) is 9.59 Å². The van der Waals surface area contributed by atoms with Gasteiger partial charge in [0.1, 0.15) is 12.6 Å². The summed E-state index contributed by atoms with van der Waals surface area (Å²) >= 11 is 0. The minimum absolute atomic E-state index is 0. The second-order valence-electron chi connectivity index (χ2n) is 12.1. The van der Waals surface area contributed by atoms with Crippen molar-refractivity contribution in [2.24, 2.45) is 5.41 Å². The molecule has 0 aromatic heterocycles. The molecule has 2 aromatic carbocycles. The molecule has 3 heterocycles. The van der Waals surface area contributed by atoms with Crippen LogP contribution in [0.4, 0.5) is 10.5 Å². The lowest BCUT2D eigenvalue weighted by Crippen LogP contribution is -2.56. The van der Waals surface area contributed by atoms with Crippen molar-refractivity contribution in [2.75, 3.05) is 39.1 Å². The predicted molar refractivity (Wildman–Crippen MR) is 177 cm³/mol. The Morgan fingerprint density at radius 2 is 1.70 bits per heavy atom. The maximum atomic E-state index is 13.9. The number of ether oxygens (including phenoxy) is 4. The second kappa shape index (κ2) is 17.3. The Kier molecular flexibility index (Phi) is 13.8. The van der Waals surface area contributed by atoms with Crippen LogP contribution in [0, 0.1) is 5.41 Å². The van der Waals surface area contributed by atoms with Crippen molar-refractivity contribution >= 4 is 23.7 Å². The Morgan fingerprint density at radius 1 is 1.04 bits per heavy atom. The molecular formula is C35H53N3O8. The lowest BCUT2D eigenvalue weighted by Gasteiger charge is -2.46. The number of alkyl carbamates (subject to hydrolysis) is 1. The van der Waals surface area contributed by atoms with Crippen LogP contribution in [0.2, 0.25) is 0 Å². The molecule has 2 atom stereocenters. The Labute approximate surface area is 273 Å². The number of amides is 2. The highest BCUT2D eigenvalue weighted by Gasteiger charge is 2.43. The van der Waals surface area contributed by atoms with Crippen LogP contribution in [-0.4, -0.2) is 80.0 Å². The van der Waals surface area contributed by atoms with Gasteiger partial charge in [-0.1, -0.05) is 44.2 Å². The highest BCUT2D eigenvalue weighted by atomic mass is 16.6. The summed E-state index contributed by atoms with van der Waals surface area (Å²) in [4.78, 5) is 41.0. The van der Waals surface area contributed by atoms with Gasteiger partial charge in [0.25, 0.3) is 0 Å². The molecule has 2 aromatic rings. The molecule has 3 saturated heterocycles. The van der Waals surface area contributed by atoms with Gasteiger partial charge in [0, 0.05) is 25.6 Å². The summed E-state index contributed by atoms with van der Waals surface area (Å²) in [5.41, 5.74) is 8.61. The van der Waals surface area contributed by atoms with Gasteiger partial charge in [0.2, 0.25) is 5.91 Å². The first-order chi connectivity index (χ1) is 21.8. The molecule has 2 amide bonds. The van der Waals surface area contributed by atoms with Gasteiger partial charge in [-0.3, -0.25) is 4.79 Å². The lowest BCUT2D eigenvalue weighted by molar-refractivity contribution is -0.156. The van der Waals surface area contributed by atoms with Crippen molar-refractivity contribution in [2.45, 2.75) is 90.1 Å². The van der Waals surface area contributed by atoms with Crippen molar-refractivity contribution in [3.05, 3.63) is 65.2 Å². The molecule has 5 N–H and O–H groups in total. The molecule has 0 radical (unpaired) electrons. The van der Waals surface area contributed by atoms with Gasteiger partial charge in [-0.2, -0.15) is 0 Å². The van der Waals surface area contributed by atoms with Crippen molar-refractivity contribution in [3.8, 4) is 0 Å². The van der Waals surface area contributed by atoms with Crippen LogP contribution in [0.15, 0.2) is 48.5 Å². The molecule has 2 bridgehead atoms. The van der Waals surface area contributed by atoms with Gasteiger partial charge < -0.3 is 40.4 Å². The van der Waals surface area contributed by atoms with Crippen molar-refractivity contribution < 1.29 is 40.2 Å². The average Bonchev–Trinajstić information content (AvgIpc) is 3.10. The van der Waals surface area contributed by atoms with E-state index in [-0.39, 0.29) is 36.7 Å². The Morgan fingerprint density at radius 3 is 2.30 bits per heavy atom. The van der Waals surface area contributed by atoms with E-state index in [1.54, 1.807) is 35.2 Å². The van der Waals surface area contributed by atoms with E-state index in [0.717, 1.165) is 36.8 Å². The Balaban J connectivity index is 0.00000188. The SMILES string of the molecule is CC.COC(=O)c1ccccc1C1CCN(C(=O)[C@@H](NC(=O)OCc2ccc(N)cc2)[C@@H](C)OCC23CCC(CC2)OC3)CC1.O.[HH]. The smallest absolute Gasteiger partial charge is 0.408 e. The number of methoxy groups -OCH3 is 1. The molecular weight excluding hydrogens is 590 g/mol. The van der Waals surface area contributed by atoms with E-state index in [2.05, 4.69) is 5.32 Å². The largest absolute Gasteiger partial charge is 0.465 e. The maximum absolute atomic E-state index is 13.9. The van der Waals surface area contributed by atoms with Gasteiger partial charge in [-0.05, 0) is 80.7 Å². The van der Waals surface area contributed by atoms with Gasteiger partial charge in [-0.15, -0.1) is 0 Å². The van der Waals surface area contributed by atoms with Crippen LogP contribution >= 0.6 is 0 Å². The number of esters is 1. The molecule has 11 nitrogen and oxygen atoms in total. The third-order valence-electron chi connectivity index (χ3n) is 9.24. The van der Waals surface area contributed by atoms with Crippen LogP contribution in [-0.2, 0) is 30.3 Å². The lowest BCUT2D eigenvalue weighted by atomic mass is 9.72. The molecule has 1 saturated carbocycles. The van der Waals surface area contributed by atoms with Crippen molar-refractivity contribution in [3.63, 3.8) is 0 Å². The number of hydrogen-bond donors (Lipinski definition) is 2. The van der Waals surface area contributed by atoms with E-state index in [0.29, 0.717) is 56.5 Å². The number of likely N-dealkylation sites (tertiary alicyclic amines) is 1. The van der Waals surface area contributed by atoms with Gasteiger partial charge in [0.05, 0.1) is 38.1 Å². The van der Waals surface area contributed by atoms with Gasteiger partial charge in [0.15, 0.2) is 0 Å². The first kappa shape index (κ1) is 36.8.